The van der Waals surface area contributed by atoms with Crippen LogP contribution in [0.5, 0.6) is 0 Å². The van der Waals surface area contributed by atoms with E-state index >= 15 is 0 Å². The first-order chi connectivity index (χ1) is 10.3. The largest absolute Gasteiger partial charge is 0.390 e. The number of aryl methyl sites for hydroxylation is 2. The van der Waals surface area contributed by atoms with E-state index in [9.17, 15) is 5.11 Å². The van der Waals surface area contributed by atoms with Crippen LogP contribution in [-0.4, -0.2) is 47.3 Å². The van der Waals surface area contributed by atoms with E-state index in [2.05, 4.69) is 49.8 Å². The van der Waals surface area contributed by atoms with Gasteiger partial charge in [0, 0.05) is 18.0 Å². The summed E-state index contributed by atoms with van der Waals surface area (Å²) >= 11 is 1.74. The van der Waals surface area contributed by atoms with Crippen LogP contribution < -0.4 is 5.32 Å². The van der Waals surface area contributed by atoms with Gasteiger partial charge >= 0.3 is 0 Å². The molecule has 0 aliphatic carbocycles. The van der Waals surface area contributed by atoms with Crippen LogP contribution in [0.1, 0.15) is 49.2 Å². The van der Waals surface area contributed by atoms with Crippen molar-refractivity contribution in [1.29, 1.82) is 0 Å². The highest BCUT2D eigenvalue weighted by molar-refractivity contribution is 7.11. The van der Waals surface area contributed by atoms with E-state index in [1.807, 2.05) is 0 Å². The highest BCUT2D eigenvalue weighted by atomic mass is 32.1. The van der Waals surface area contributed by atoms with Crippen molar-refractivity contribution < 1.29 is 5.11 Å². The Morgan fingerprint density at radius 3 is 2.55 bits per heavy atom. The van der Waals surface area contributed by atoms with Gasteiger partial charge in [0.1, 0.15) is 5.01 Å². The Labute approximate surface area is 138 Å². The molecule has 1 aromatic heterocycles. The molecule has 0 saturated carbocycles. The van der Waals surface area contributed by atoms with E-state index in [0.717, 1.165) is 36.3 Å². The summed E-state index contributed by atoms with van der Waals surface area (Å²) in [4.78, 5) is 8.30. The predicted molar refractivity (Wildman–Crippen MR) is 93.5 cm³/mol. The number of rotatable bonds is 6. The summed E-state index contributed by atoms with van der Waals surface area (Å²) in [5.41, 5.74) is 0.916. The molecule has 0 bridgehead atoms. The minimum Gasteiger partial charge on any atom is -0.390 e. The third kappa shape index (κ3) is 4.75. The normalized spacial score (nSPS) is 19.5. The molecule has 0 aromatic carbocycles. The summed E-state index contributed by atoms with van der Waals surface area (Å²) in [5, 5.41) is 14.9. The van der Waals surface area contributed by atoms with Crippen molar-refractivity contribution in [1.82, 2.24) is 15.2 Å². The number of piperidine rings is 1. The quantitative estimate of drug-likeness (QED) is 0.844. The highest BCUT2D eigenvalue weighted by Crippen LogP contribution is 2.27. The summed E-state index contributed by atoms with van der Waals surface area (Å²) in [6.45, 7) is 14.4. The number of nitrogens with zero attached hydrogens (tertiary/aromatic N) is 2. The topological polar surface area (TPSA) is 48.4 Å². The molecule has 2 rings (SSSR count). The Morgan fingerprint density at radius 2 is 2.00 bits per heavy atom. The second-order valence-corrected chi connectivity index (χ2v) is 8.51. The number of β-amino-alcohol motifs (C(OH)–C–C–N with tert-alkyl or cyclic N) is 1. The number of aliphatic hydroxyl groups excluding tert-OH is 1. The van der Waals surface area contributed by atoms with Gasteiger partial charge in [-0.25, -0.2) is 4.98 Å². The minimum absolute atomic E-state index is 0.193. The molecule has 1 atom stereocenters. The maximum Gasteiger partial charge on any atom is 0.113 e. The van der Waals surface area contributed by atoms with E-state index in [0.29, 0.717) is 6.54 Å². The lowest BCUT2D eigenvalue weighted by molar-refractivity contribution is 0.0854. The van der Waals surface area contributed by atoms with Crippen molar-refractivity contribution in [2.75, 3.05) is 26.2 Å². The Morgan fingerprint density at radius 1 is 1.36 bits per heavy atom. The summed E-state index contributed by atoms with van der Waals surface area (Å²) in [6.07, 6.45) is 2.18. The van der Waals surface area contributed by atoms with Gasteiger partial charge in [0.15, 0.2) is 0 Å². The molecular weight excluding hydrogens is 294 g/mol. The van der Waals surface area contributed by atoms with E-state index in [-0.39, 0.29) is 11.6 Å². The minimum atomic E-state index is -0.324. The van der Waals surface area contributed by atoms with Crippen molar-refractivity contribution in [2.45, 2.75) is 59.1 Å². The first kappa shape index (κ1) is 17.9. The molecule has 1 aromatic rings. The third-order valence-corrected chi connectivity index (χ3v) is 6.08. The second kappa shape index (κ2) is 7.39. The van der Waals surface area contributed by atoms with Crippen LogP contribution >= 0.6 is 11.3 Å². The van der Waals surface area contributed by atoms with Crippen LogP contribution in [0.3, 0.4) is 0 Å². The first-order valence-corrected chi connectivity index (χ1v) is 9.19. The van der Waals surface area contributed by atoms with Gasteiger partial charge in [-0.3, -0.25) is 0 Å². The molecule has 2 N–H and O–H groups in total. The monoisotopic (exact) mass is 325 g/mol. The Hall–Kier alpha value is -0.490. The number of likely N-dealkylation sites (tertiary alicyclic amines) is 1. The molecule has 5 heteroatoms. The van der Waals surface area contributed by atoms with Crippen LogP contribution in [0.15, 0.2) is 0 Å². The molecule has 0 radical (unpaired) electrons. The fraction of sp³-hybridized carbons (Fsp3) is 0.824. The molecule has 0 amide bonds. The molecule has 1 aliphatic rings. The lowest BCUT2D eigenvalue weighted by Crippen LogP contribution is -2.46. The SMILES string of the molecule is Cc1nc(C(C)(C)NCC(O)CN2CCC(C)CC2)sc1C. The molecule has 1 fully saturated rings. The molecular formula is C17H31N3OS. The van der Waals surface area contributed by atoms with Gasteiger partial charge < -0.3 is 15.3 Å². The fourth-order valence-electron chi connectivity index (χ4n) is 2.80. The molecule has 1 unspecified atom stereocenters. The van der Waals surface area contributed by atoms with Gasteiger partial charge in [-0.15, -0.1) is 11.3 Å². The van der Waals surface area contributed by atoms with Gasteiger partial charge in [0.2, 0.25) is 0 Å². The zero-order valence-electron chi connectivity index (χ0n) is 14.6. The number of nitrogens with one attached hydrogen (secondary N) is 1. The third-order valence-electron chi connectivity index (χ3n) is 4.69. The lowest BCUT2D eigenvalue weighted by Gasteiger charge is -2.32. The van der Waals surface area contributed by atoms with Crippen molar-refractivity contribution >= 4 is 11.3 Å². The Bertz CT molecular complexity index is 459. The number of hydrogen-bond acceptors (Lipinski definition) is 5. The first-order valence-electron chi connectivity index (χ1n) is 8.38. The molecule has 22 heavy (non-hydrogen) atoms. The summed E-state index contributed by atoms with van der Waals surface area (Å²) in [6, 6.07) is 0. The van der Waals surface area contributed by atoms with Crippen molar-refractivity contribution in [3.8, 4) is 0 Å². The van der Waals surface area contributed by atoms with Crippen molar-refractivity contribution in [3.63, 3.8) is 0 Å². The summed E-state index contributed by atoms with van der Waals surface area (Å²) in [5.74, 6) is 0.835. The van der Waals surface area contributed by atoms with Crippen LogP contribution in [0.4, 0.5) is 0 Å². The van der Waals surface area contributed by atoms with Gasteiger partial charge in [-0.2, -0.15) is 0 Å². The molecule has 1 saturated heterocycles. The molecule has 0 spiro atoms. The van der Waals surface area contributed by atoms with Crippen LogP contribution in [0.25, 0.3) is 0 Å². The standard InChI is InChI=1S/C17H31N3OS/c1-12-6-8-20(9-7-12)11-15(21)10-18-17(4,5)16-19-13(2)14(3)22-16/h12,15,18,21H,6-11H2,1-5H3. The summed E-state index contributed by atoms with van der Waals surface area (Å²) < 4.78 is 0. The Balaban J connectivity index is 1.80. The van der Waals surface area contributed by atoms with Crippen LogP contribution in [0.2, 0.25) is 0 Å². The molecule has 2 heterocycles. The molecule has 4 nitrogen and oxygen atoms in total. The average molecular weight is 326 g/mol. The van der Waals surface area contributed by atoms with Gasteiger partial charge in [0.25, 0.3) is 0 Å². The average Bonchev–Trinajstić information content (AvgIpc) is 2.80. The number of thiazole rings is 1. The van der Waals surface area contributed by atoms with E-state index in [1.165, 1.54) is 17.7 Å². The van der Waals surface area contributed by atoms with Gasteiger partial charge in [0.05, 0.1) is 17.3 Å². The van der Waals surface area contributed by atoms with E-state index in [1.54, 1.807) is 11.3 Å². The number of hydrogen-bond donors (Lipinski definition) is 2. The lowest BCUT2D eigenvalue weighted by atomic mass is 9.99. The van der Waals surface area contributed by atoms with Crippen molar-refractivity contribution in [3.05, 3.63) is 15.6 Å². The zero-order valence-corrected chi connectivity index (χ0v) is 15.5. The highest BCUT2D eigenvalue weighted by Gasteiger charge is 2.26. The summed E-state index contributed by atoms with van der Waals surface area (Å²) in [7, 11) is 0. The zero-order chi connectivity index (χ0) is 16.3. The molecule has 126 valence electrons. The second-order valence-electron chi connectivity index (χ2n) is 7.30. The van der Waals surface area contributed by atoms with E-state index in [4.69, 9.17) is 0 Å². The van der Waals surface area contributed by atoms with Crippen LogP contribution in [-0.2, 0) is 5.54 Å². The predicted octanol–water partition coefficient (Wildman–Crippen LogP) is 2.68. The van der Waals surface area contributed by atoms with Crippen LogP contribution in [0, 0.1) is 19.8 Å². The maximum atomic E-state index is 10.3. The number of aromatic nitrogens is 1. The maximum absolute atomic E-state index is 10.3. The van der Waals surface area contributed by atoms with Crippen molar-refractivity contribution in [2.24, 2.45) is 5.92 Å². The fourth-order valence-corrected chi connectivity index (χ4v) is 3.79. The van der Waals surface area contributed by atoms with Gasteiger partial charge in [-0.05, 0) is 59.5 Å². The smallest absolute Gasteiger partial charge is 0.113 e. The Kier molecular flexibility index (Phi) is 6.00. The van der Waals surface area contributed by atoms with E-state index < -0.39 is 0 Å². The molecule has 1 aliphatic heterocycles. The number of aliphatic hydroxyl groups is 1. The van der Waals surface area contributed by atoms with Gasteiger partial charge in [-0.1, -0.05) is 6.92 Å².